The highest BCUT2D eigenvalue weighted by Crippen LogP contribution is 2.37. The van der Waals surface area contributed by atoms with Crippen molar-refractivity contribution in [1.29, 1.82) is 0 Å². The summed E-state index contributed by atoms with van der Waals surface area (Å²) in [4.78, 5) is 27.8. The third kappa shape index (κ3) is 11.3. The molecule has 0 unspecified atom stereocenters. The van der Waals surface area contributed by atoms with Gasteiger partial charge < -0.3 is 19.4 Å². The monoisotopic (exact) mass is 659 g/mol. The first kappa shape index (κ1) is 37.3. The summed E-state index contributed by atoms with van der Waals surface area (Å²) in [6.45, 7) is 8.92. The lowest BCUT2D eigenvalue weighted by Crippen LogP contribution is -2.41. The Morgan fingerprint density at radius 2 is 1.45 bits per heavy atom. The SMILES string of the molecule is CC1(C)OB(c2ccccc2COC(=O)N(Cc2ccccc2)[C]2[CH][CH][C](CNC(=O)CCCCCCCCCCS)[CH]2)OC1(C)C. The number of hydrogen-bond acceptors (Lipinski definition) is 6. The van der Waals surface area contributed by atoms with Gasteiger partial charge in [0.2, 0.25) is 5.91 Å². The molecule has 9 heteroatoms. The molecule has 0 aromatic heterocycles. The lowest BCUT2D eigenvalue weighted by molar-refractivity contribution is -0.121. The molecule has 1 N–H and O–H groups in total. The van der Waals surface area contributed by atoms with Gasteiger partial charge in [0.05, 0.1) is 17.2 Å². The Labute approximate surface area is 289 Å². The topological polar surface area (TPSA) is 77.1 Å². The molecule has 2 amide bonds. The Morgan fingerprint density at radius 1 is 0.830 bits per heavy atom. The molecule has 0 spiro atoms. The van der Waals surface area contributed by atoms with Crippen LogP contribution in [0.25, 0.3) is 0 Å². The lowest BCUT2D eigenvalue weighted by atomic mass is 9.76. The van der Waals surface area contributed by atoms with Crippen LogP contribution in [0.3, 0.4) is 0 Å². The van der Waals surface area contributed by atoms with E-state index in [0.29, 0.717) is 19.5 Å². The largest absolute Gasteiger partial charge is 0.495 e. The Hall–Kier alpha value is -2.49. The molecule has 4 rings (SSSR count). The van der Waals surface area contributed by atoms with E-state index in [-0.39, 0.29) is 12.5 Å². The third-order valence-electron chi connectivity index (χ3n) is 9.23. The molecular formula is C38H52BN2O5S. The number of ether oxygens (including phenoxy) is 1. The van der Waals surface area contributed by atoms with Crippen LogP contribution in [0.4, 0.5) is 4.79 Å². The molecule has 1 heterocycles. The maximum absolute atomic E-state index is 13.7. The standard InChI is InChI=1S/C38H52BN2O5S/c1-37(2)38(3,4)46-39(45-37)34-21-16-15-20-32(34)29-44-36(43)41(28-30-18-12-11-13-19-30)33-24-23-31(26-33)27-40-35(42)22-14-9-7-5-6-8-10-17-25-47/h11-13,15-16,18-21,23-24,26,47H,5-10,14,17,22,25,27-29H2,1-4H3,(H,40,42). The number of thiol groups is 1. The van der Waals surface area contributed by atoms with E-state index in [0.717, 1.165) is 47.1 Å². The van der Waals surface area contributed by atoms with Gasteiger partial charge >= 0.3 is 13.2 Å². The number of rotatable bonds is 18. The number of nitrogens with zero attached hydrogens (tertiary/aromatic N) is 1. The molecule has 2 aromatic rings. The summed E-state index contributed by atoms with van der Waals surface area (Å²) >= 11 is 4.26. The van der Waals surface area contributed by atoms with Crippen LogP contribution in [-0.4, -0.2) is 47.5 Å². The van der Waals surface area contributed by atoms with Crippen molar-refractivity contribution in [3.05, 3.63) is 96.9 Å². The van der Waals surface area contributed by atoms with Crippen LogP contribution in [0.2, 0.25) is 0 Å². The number of carbonyl (C=O) groups is 2. The minimum atomic E-state index is -0.554. The minimum Gasteiger partial charge on any atom is -0.445 e. The van der Waals surface area contributed by atoms with Gasteiger partial charge in [0.1, 0.15) is 6.61 Å². The van der Waals surface area contributed by atoms with Gasteiger partial charge in [-0.25, -0.2) is 4.79 Å². The molecule has 5 radical (unpaired) electrons. The number of hydrogen-bond donors (Lipinski definition) is 2. The Morgan fingerprint density at radius 3 is 2.13 bits per heavy atom. The van der Waals surface area contributed by atoms with E-state index in [9.17, 15) is 9.59 Å². The molecule has 1 saturated heterocycles. The molecule has 0 atom stereocenters. The first-order valence-corrected chi connectivity index (χ1v) is 17.8. The molecule has 2 fully saturated rings. The van der Waals surface area contributed by atoms with Crippen molar-refractivity contribution in [2.45, 2.75) is 110 Å². The van der Waals surface area contributed by atoms with Crippen LogP contribution in [-0.2, 0) is 32.0 Å². The minimum absolute atomic E-state index is 0.0581. The highest BCUT2D eigenvalue weighted by Gasteiger charge is 2.52. The third-order valence-corrected chi connectivity index (χ3v) is 9.55. The zero-order valence-corrected chi connectivity index (χ0v) is 29.5. The van der Waals surface area contributed by atoms with Crippen molar-refractivity contribution >= 4 is 37.2 Å². The van der Waals surface area contributed by atoms with Crippen LogP contribution >= 0.6 is 12.6 Å². The van der Waals surface area contributed by atoms with Crippen LogP contribution in [0.5, 0.6) is 0 Å². The number of benzene rings is 2. The highest BCUT2D eigenvalue weighted by molar-refractivity contribution is 7.80. The fraction of sp³-hybridized carbons (Fsp3) is 0.500. The zero-order valence-electron chi connectivity index (χ0n) is 28.6. The summed E-state index contributed by atoms with van der Waals surface area (Å²) in [5, 5.41) is 3.04. The van der Waals surface area contributed by atoms with Gasteiger partial charge in [-0.05, 0) is 82.1 Å². The van der Waals surface area contributed by atoms with Crippen molar-refractivity contribution in [1.82, 2.24) is 10.2 Å². The second kappa shape index (κ2) is 18.3. The van der Waals surface area contributed by atoms with Crippen molar-refractivity contribution < 1.29 is 23.6 Å². The maximum atomic E-state index is 13.7. The van der Waals surface area contributed by atoms with Gasteiger partial charge in [-0.15, -0.1) is 0 Å². The number of carbonyl (C=O) groups excluding carboxylic acids is 2. The molecule has 253 valence electrons. The molecule has 0 bridgehead atoms. The Bertz CT molecular complexity index is 1240. The van der Waals surface area contributed by atoms with Gasteiger partial charge in [-0.3, -0.25) is 9.69 Å². The van der Waals surface area contributed by atoms with Gasteiger partial charge in [-0.1, -0.05) is 93.1 Å². The Balaban J connectivity index is 1.27. The van der Waals surface area contributed by atoms with E-state index in [2.05, 4.69) is 17.9 Å². The van der Waals surface area contributed by atoms with Crippen LogP contribution < -0.4 is 10.8 Å². The first-order valence-electron chi connectivity index (χ1n) is 17.1. The van der Waals surface area contributed by atoms with Crippen LogP contribution in [0.1, 0.15) is 96.6 Å². The average molecular weight is 660 g/mol. The number of nitrogens with one attached hydrogen (secondary N) is 1. The molecule has 2 aromatic carbocycles. The maximum Gasteiger partial charge on any atom is 0.495 e. The normalized spacial score (nSPS) is 17.6. The van der Waals surface area contributed by atoms with Crippen molar-refractivity contribution in [3.8, 4) is 0 Å². The van der Waals surface area contributed by atoms with Crippen LogP contribution in [0, 0.1) is 31.2 Å². The molecule has 1 saturated carbocycles. The van der Waals surface area contributed by atoms with Crippen molar-refractivity contribution in [2.75, 3.05) is 12.3 Å². The fourth-order valence-electron chi connectivity index (χ4n) is 5.61. The Kier molecular flexibility index (Phi) is 14.6. The highest BCUT2D eigenvalue weighted by atomic mass is 32.1. The van der Waals surface area contributed by atoms with Crippen molar-refractivity contribution in [3.63, 3.8) is 0 Å². The second-order valence-corrected chi connectivity index (χ2v) is 13.9. The van der Waals surface area contributed by atoms with E-state index in [1.165, 1.54) is 38.5 Å². The average Bonchev–Trinajstić information content (AvgIpc) is 3.61. The summed E-state index contributed by atoms with van der Waals surface area (Å²) in [5.41, 5.74) is 1.70. The zero-order chi connectivity index (χ0) is 33.7. The van der Waals surface area contributed by atoms with E-state index in [4.69, 9.17) is 14.0 Å². The summed E-state index contributed by atoms with van der Waals surface area (Å²) in [6.07, 6.45) is 15.3. The second-order valence-electron chi connectivity index (χ2n) is 13.5. The fourth-order valence-corrected chi connectivity index (χ4v) is 5.84. The predicted octanol–water partition coefficient (Wildman–Crippen LogP) is 7.41. The quantitative estimate of drug-likeness (QED) is 0.0991. The summed E-state index contributed by atoms with van der Waals surface area (Å²) in [6, 6.07) is 18.3. The van der Waals surface area contributed by atoms with Gasteiger partial charge in [0.25, 0.3) is 0 Å². The molecule has 2 aliphatic rings. The number of unbranched alkanes of at least 4 members (excludes halogenated alkanes) is 7. The van der Waals surface area contributed by atoms with E-state index in [1.54, 1.807) is 4.90 Å². The van der Waals surface area contributed by atoms with Gasteiger partial charge in [-0.2, -0.15) is 12.6 Å². The van der Waals surface area contributed by atoms with Gasteiger partial charge in [0, 0.05) is 25.4 Å². The predicted molar refractivity (Wildman–Crippen MR) is 192 cm³/mol. The van der Waals surface area contributed by atoms with Gasteiger partial charge in [0.15, 0.2) is 0 Å². The summed E-state index contributed by atoms with van der Waals surface area (Å²) in [7, 11) is -0.554. The number of amides is 2. The molecule has 1 aliphatic carbocycles. The van der Waals surface area contributed by atoms with E-state index >= 15 is 0 Å². The molecule has 7 nitrogen and oxygen atoms in total. The molecule has 1 aliphatic heterocycles. The molecule has 47 heavy (non-hydrogen) atoms. The van der Waals surface area contributed by atoms with E-state index in [1.807, 2.05) is 102 Å². The van der Waals surface area contributed by atoms with E-state index < -0.39 is 24.4 Å². The van der Waals surface area contributed by atoms with Crippen LogP contribution in [0.15, 0.2) is 54.6 Å². The first-order chi connectivity index (χ1) is 22.6. The summed E-state index contributed by atoms with van der Waals surface area (Å²) < 4.78 is 18.5. The lowest BCUT2D eigenvalue weighted by Gasteiger charge is -2.32. The molecular weight excluding hydrogens is 607 g/mol. The van der Waals surface area contributed by atoms with Crippen molar-refractivity contribution in [2.24, 2.45) is 0 Å². The smallest absolute Gasteiger partial charge is 0.445 e. The summed E-state index contributed by atoms with van der Waals surface area (Å²) in [5.74, 6) is 1.97.